The summed E-state index contributed by atoms with van der Waals surface area (Å²) in [6, 6.07) is 18.4. The van der Waals surface area contributed by atoms with Gasteiger partial charge >= 0.3 is 5.97 Å². The van der Waals surface area contributed by atoms with E-state index in [2.05, 4.69) is 45.9 Å². The number of aromatic carboxylic acids is 1. The van der Waals surface area contributed by atoms with Gasteiger partial charge in [-0.1, -0.05) is 12.1 Å². The van der Waals surface area contributed by atoms with Crippen molar-refractivity contribution < 1.29 is 9.90 Å². The van der Waals surface area contributed by atoms with Crippen LogP contribution < -0.4 is 10.6 Å². The number of carboxylic acid groups (broad SMARTS) is 1. The summed E-state index contributed by atoms with van der Waals surface area (Å²) in [5.41, 5.74) is 5.99. The molecule has 1 heterocycles. The average molecular weight is 454 g/mol. The van der Waals surface area contributed by atoms with Gasteiger partial charge in [-0.15, -0.1) is 0 Å². The maximum Gasteiger partial charge on any atom is 0.339 e. The molecule has 7 rings (SSSR count). The third-order valence-corrected chi connectivity index (χ3v) is 8.20. The molecule has 4 aliphatic rings. The molecule has 3 aromatic rings. The number of carbonyl (C=O) groups is 1. The van der Waals surface area contributed by atoms with Crippen LogP contribution in [0.3, 0.4) is 0 Å². The van der Waals surface area contributed by atoms with Gasteiger partial charge in [-0.2, -0.15) is 0 Å². The van der Waals surface area contributed by atoms with Gasteiger partial charge in [0.1, 0.15) is 11.4 Å². The molecule has 4 fully saturated rings. The molecule has 1 aromatic heterocycles. The zero-order valence-electron chi connectivity index (χ0n) is 19.6. The van der Waals surface area contributed by atoms with Crippen LogP contribution in [0.1, 0.15) is 60.0 Å². The van der Waals surface area contributed by atoms with Crippen LogP contribution in [0.5, 0.6) is 0 Å². The monoisotopic (exact) mass is 453 g/mol. The second-order valence-electron chi connectivity index (χ2n) is 10.8. The number of benzene rings is 2. The summed E-state index contributed by atoms with van der Waals surface area (Å²) < 4.78 is 0. The molecule has 5 heteroatoms. The van der Waals surface area contributed by atoms with E-state index in [1.54, 1.807) is 18.3 Å². The summed E-state index contributed by atoms with van der Waals surface area (Å²) in [7, 11) is 0. The van der Waals surface area contributed by atoms with E-state index in [4.69, 9.17) is 0 Å². The SMILES string of the molecule is Cc1cc(Nc2ccc(C34CC5CC(CC(C5)C3)C4)cc2)cc(Nc2ncccc2C(=O)O)c1. The van der Waals surface area contributed by atoms with Gasteiger partial charge in [0.05, 0.1) is 0 Å². The Kier molecular flexibility index (Phi) is 5.09. The lowest BCUT2D eigenvalue weighted by Crippen LogP contribution is -2.48. The summed E-state index contributed by atoms with van der Waals surface area (Å²) in [6.45, 7) is 2.03. The molecule has 174 valence electrons. The smallest absolute Gasteiger partial charge is 0.339 e. The van der Waals surface area contributed by atoms with E-state index in [0.29, 0.717) is 11.2 Å². The van der Waals surface area contributed by atoms with Gasteiger partial charge in [-0.05, 0) is 122 Å². The fourth-order valence-corrected chi connectivity index (χ4v) is 7.28. The van der Waals surface area contributed by atoms with Crippen molar-refractivity contribution in [2.24, 2.45) is 17.8 Å². The van der Waals surface area contributed by atoms with E-state index in [-0.39, 0.29) is 5.56 Å². The summed E-state index contributed by atoms with van der Waals surface area (Å²) in [5, 5.41) is 16.1. The van der Waals surface area contributed by atoms with Gasteiger partial charge < -0.3 is 15.7 Å². The third kappa shape index (κ3) is 3.93. The average Bonchev–Trinajstić information content (AvgIpc) is 2.78. The summed E-state index contributed by atoms with van der Waals surface area (Å²) >= 11 is 0. The van der Waals surface area contributed by atoms with Crippen LogP contribution in [0, 0.1) is 24.7 Å². The van der Waals surface area contributed by atoms with Crippen molar-refractivity contribution in [3.63, 3.8) is 0 Å². The Hall–Kier alpha value is -3.34. The number of aromatic nitrogens is 1. The Bertz CT molecular complexity index is 1200. The Morgan fingerprint density at radius 1 is 0.882 bits per heavy atom. The number of carboxylic acids is 1. The number of aryl methyl sites for hydroxylation is 1. The minimum absolute atomic E-state index is 0.152. The molecule has 2 aromatic carbocycles. The van der Waals surface area contributed by atoms with Gasteiger partial charge in [-0.25, -0.2) is 9.78 Å². The molecule has 0 amide bonds. The minimum Gasteiger partial charge on any atom is -0.478 e. The van der Waals surface area contributed by atoms with E-state index in [1.807, 2.05) is 19.1 Å². The Morgan fingerprint density at radius 3 is 2.12 bits per heavy atom. The van der Waals surface area contributed by atoms with Crippen LogP contribution in [-0.2, 0) is 5.41 Å². The van der Waals surface area contributed by atoms with Crippen LogP contribution in [0.25, 0.3) is 0 Å². The highest BCUT2D eigenvalue weighted by molar-refractivity contribution is 5.94. The van der Waals surface area contributed by atoms with Gasteiger partial charge in [0.25, 0.3) is 0 Å². The van der Waals surface area contributed by atoms with Crippen LogP contribution in [0.15, 0.2) is 60.8 Å². The molecule has 0 atom stereocenters. The van der Waals surface area contributed by atoms with Crippen molar-refractivity contribution in [1.82, 2.24) is 4.98 Å². The number of hydrogen-bond donors (Lipinski definition) is 3. The van der Waals surface area contributed by atoms with E-state index in [0.717, 1.165) is 40.4 Å². The molecule has 4 saturated carbocycles. The lowest BCUT2D eigenvalue weighted by molar-refractivity contribution is -0.00518. The number of hydrogen-bond acceptors (Lipinski definition) is 4. The minimum atomic E-state index is -0.999. The largest absolute Gasteiger partial charge is 0.478 e. The van der Waals surface area contributed by atoms with Crippen LogP contribution in [0.4, 0.5) is 22.9 Å². The van der Waals surface area contributed by atoms with Crippen molar-refractivity contribution in [3.8, 4) is 0 Å². The highest BCUT2D eigenvalue weighted by Gasteiger charge is 2.51. The Morgan fingerprint density at radius 2 is 1.50 bits per heavy atom. The van der Waals surface area contributed by atoms with Crippen LogP contribution in [-0.4, -0.2) is 16.1 Å². The normalized spacial score (nSPS) is 26.9. The topological polar surface area (TPSA) is 74.2 Å². The quantitative estimate of drug-likeness (QED) is 0.373. The molecule has 0 unspecified atom stereocenters. The maximum absolute atomic E-state index is 11.5. The maximum atomic E-state index is 11.5. The molecular weight excluding hydrogens is 422 g/mol. The molecular formula is C29H31N3O2. The molecule has 0 aliphatic heterocycles. The molecule has 0 radical (unpaired) electrons. The molecule has 4 bridgehead atoms. The second kappa shape index (κ2) is 8.15. The van der Waals surface area contributed by atoms with E-state index in [1.165, 1.54) is 44.1 Å². The number of rotatable bonds is 6. The second-order valence-corrected chi connectivity index (χ2v) is 10.8. The van der Waals surface area contributed by atoms with Crippen molar-refractivity contribution in [1.29, 1.82) is 0 Å². The van der Waals surface area contributed by atoms with Crippen molar-refractivity contribution in [2.75, 3.05) is 10.6 Å². The molecule has 3 N–H and O–H groups in total. The standard InChI is InChI=1S/C29H31N3O2/c1-18-9-24(14-25(10-18)32-27-26(28(33)34)3-2-8-30-27)31-23-6-4-22(5-7-23)29-15-19-11-20(16-29)13-21(12-19)17-29/h2-10,14,19-21,31H,11-13,15-17H2,1H3,(H,30,32)(H,33,34). The Labute approximate surface area is 200 Å². The number of pyridine rings is 1. The van der Waals surface area contributed by atoms with Gasteiger partial charge in [0, 0.05) is 23.3 Å². The highest BCUT2D eigenvalue weighted by atomic mass is 16.4. The Balaban J connectivity index is 1.21. The first kappa shape index (κ1) is 21.2. The predicted octanol–water partition coefficient (Wildman–Crippen LogP) is 7.04. The number of nitrogens with zero attached hydrogens (tertiary/aromatic N) is 1. The zero-order chi connectivity index (χ0) is 23.3. The molecule has 4 aliphatic carbocycles. The number of nitrogens with one attached hydrogen (secondary N) is 2. The zero-order valence-corrected chi connectivity index (χ0v) is 19.6. The fraction of sp³-hybridized carbons (Fsp3) is 0.379. The number of anilines is 4. The van der Waals surface area contributed by atoms with E-state index >= 15 is 0 Å². The fourth-order valence-electron chi connectivity index (χ4n) is 7.28. The van der Waals surface area contributed by atoms with E-state index in [9.17, 15) is 9.90 Å². The first-order valence-electron chi connectivity index (χ1n) is 12.4. The van der Waals surface area contributed by atoms with Crippen molar-refractivity contribution in [3.05, 3.63) is 77.5 Å². The van der Waals surface area contributed by atoms with E-state index < -0.39 is 5.97 Å². The molecule has 5 nitrogen and oxygen atoms in total. The van der Waals surface area contributed by atoms with Gasteiger partial charge in [-0.3, -0.25) is 0 Å². The van der Waals surface area contributed by atoms with Crippen molar-refractivity contribution in [2.45, 2.75) is 50.9 Å². The molecule has 0 saturated heterocycles. The van der Waals surface area contributed by atoms with Crippen LogP contribution >= 0.6 is 0 Å². The first-order chi connectivity index (χ1) is 16.5. The summed E-state index contributed by atoms with van der Waals surface area (Å²) in [5.74, 6) is 2.18. The third-order valence-electron chi connectivity index (χ3n) is 8.20. The van der Waals surface area contributed by atoms with Crippen LogP contribution in [0.2, 0.25) is 0 Å². The lowest BCUT2D eigenvalue weighted by Gasteiger charge is -2.57. The summed E-state index contributed by atoms with van der Waals surface area (Å²) in [4.78, 5) is 15.7. The molecule has 34 heavy (non-hydrogen) atoms. The predicted molar refractivity (Wildman–Crippen MR) is 135 cm³/mol. The molecule has 0 spiro atoms. The highest BCUT2D eigenvalue weighted by Crippen LogP contribution is 2.60. The van der Waals surface area contributed by atoms with Crippen molar-refractivity contribution >= 4 is 28.8 Å². The summed E-state index contributed by atoms with van der Waals surface area (Å²) in [6.07, 6.45) is 10.1. The van der Waals surface area contributed by atoms with Gasteiger partial charge in [0.15, 0.2) is 0 Å². The first-order valence-corrected chi connectivity index (χ1v) is 12.4. The lowest BCUT2D eigenvalue weighted by atomic mass is 9.48. The van der Waals surface area contributed by atoms with Gasteiger partial charge in [0.2, 0.25) is 0 Å².